The van der Waals surface area contributed by atoms with E-state index >= 15 is 0 Å². The summed E-state index contributed by atoms with van der Waals surface area (Å²) < 4.78 is 18.3. The molecular formula is C16H13ClFNO3. The molecule has 0 aliphatic heterocycles. The van der Waals surface area contributed by atoms with Crippen LogP contribution in [0.3, 0.4) is 0 Å². The van der Waals surface area contributed by atoms with Crippen LogP contribution in [0.25, 0.3) is 0 Å². The highest BCUT2D eigenvalue weighted by molar-refractivity contribution is 6.67. The van der Waals surface area contributed by atoms with Gasteiger partial charge in [0.15, 0.2) is 0 Å². The van der Waals surface area contributed by atoms with Gasteiger partial charge >= 0.3 is 0 Å². The number of hydrogen-bond donors (Lipinski definition) is 1. The molecule has 0 heterocycles. The number of ether oxygens (including phenoxy) is 1. The number of hydrogen-bond acceptors (Lipinski definition) is 3. The van der Waals surface area contributed by atoms with E-state index in [-0.39, 0.29) is 18.0 Å². The number of benzene rings is 2. The van der Waals surface area contributed by atoms with Crippen molar-refractivity contribution in [1.82, 2.24) is 0 Å². The highest BCUT2D eigenvalue weighted by atomic mass is 35.5. The molecule has 0 radical (unpaired) electrons. The van der Waals surface area contributed by atoms with Gasteiger partial charge in [-0.05, 0) is 41.4 Å². The predicted molar refractivity (Wildman–Crippen MR) is 81.9 cm³/mol. The average Bonchev–Trinajstić information content (AvgIpc) is 2.48. The van der Waals surface area contributed by atoms with Crippen LogP contribution in [0.1, 0.15) is 15.9 Å². The Labute approximate surface area is 131 Å². The van der Waals surface area contributed by atoms with Gasteiger partial charge in [0, 0.05) is 11.6 Å². The Bertz CT molecular complexity index is 701. The topological polar surface area (TPSA) is 55.4 Å². The standard InChI is InChI=1S/C16H13ClFNO3/c1-22-14-7-6-12(18)9-13(14)19-15(20)8-10-2-4-11(5-3-10)16(17)21/h2-7,9H,8H2,1H3,(H,19,20). The van der Waals surface area contributed by atoms with Crippen molar-refractivity contribution in [2.24, 2.45) is 0 Å². The zero-order chi connectivity index (χ0) is 16.1. The maximum atomic E-state index is 13.2. The first-order chi connectivity index (χ1) is 10.5. The monoisotopic (exact) mass is 321 g/mol. The normalized spacial score (nSPS) is 10.1. The predicted octanol–water partition coefficient (Wildman–Crippen LogP) is 3.39. The molecule has 4 nitrogen and oxygen atoms in total. The van der Waals surface area contributed by atoms with Gasteiger partial charge in [0.1, 0.15) is 11.6 Å². The lowest BCUT2D eigenvalue weighted by Crippen LogP contribution is -2.15. The number of halogens is 2. The van der Waals surface area contributed by atoms with Crippen LogP contribution in [-0.2, 0) is 11.2 Å². The fourth-order valence-electron chi connectivity index (χ4n) is 1.91. The molecular weight excluding hydrogens is 309 g/mol. The van der Waals surface area contributed by atoms with Gasteiger partial charge in [-0.3, -0.25) is 9.59 Å². The maximum absolute atomic E-state index is 13.2. The molecule has 0 aliphatic rings. The molecule has 0 saturated heterocycles. The van der Waals surface area contributed by atoms with Crippen molar-refractivity contribution in [2.75, 3.05) is 12.4 Å². The van der Waals surface area contributed by atoms with E-state index in [9.17, 15) is 14.0 Å². The Balaban J connectivity index is 2.07. The minimum atomic E-state index is -0.555. The van der Waals surface area contributed by atoms with Crippen molar-refractivity contribution < 1.29 is 18.7 Å². The summed E-state index contributed by atoms with van der Waals surface area (Å²) in [6.45, 7) is 0. The number of anilines is 1. The second-order valence-electron chi connectivity index (χ2n) is 4.54. The number of nitrogens with one attached hydrogen (secondary N) is 1. The third-order valence-corrected chi connectivity index (χ3v) is 3.20. The molecule has 0 unspecified atom stereocenters. The Morgan fingerprint density at radius 3 is 2.45 bits per heavy atom. The lowest BCUT2D eigenvalue weighted by molar-refractivity contribution is -0.115. The van der Waals surface area contributed by atoms with E-state index in [0.29, 0.717) is 16.9 Å². The summed E-state index contributed by atoms with van der Waals surface area (Å²) in [4.78, 5) is 23.0. The number of carbonyl (C=O) groups is 2. The number of amides is 1. The van der Waals surface area contributed by atoms with Gasteiger partial charge in [0.05, 0.1) is 19.2 Å². The maximum Gasteiger partial charge on any atom is 0.252 e. The molecule has 2 rings (SSSR count). The molecule has 2 aromatic carbocycles. The van der Waals surface area contributed by atoms with E-state index in [1.165, 1.54) is 25.3 Å². The SMILES string of the molecule is COc1ccc(F)cc1NC(=O)Cc1ccc(C(=O)Cl)cc1. The molecule has 0 atom stereocenters. The van der Waals surface area contributed by atoms with Gasteiger partial charge in [0.2, 0.25) is 5.91 Å². The van der Waals surface area contributed by atoms with E-state index in [4.69, 9.17) is 16.3 Å². The molecule has 6 heteroatoms. The largest absolute Gasteiger partial charge is 0.495 e. The summed E-state index contributed by atoms with van der Waals surface area (Å²) in [5.74, 6) is -0.423. The molecule has 114 valence electrons. The third-order valence-electron chi connectivity index (χ3n) is 2.98. The van der Waals surface area contributed by atoms with Crippen LogP contribution in [0.4, 0.5) is 10.1 Å². The summed E-state index contributed by atoms with van der Waals surface area (Å²) in [6.07, 6.45) is 0.0798. The summed E-state index contributed by atoms with van der Waals surface area (Å²) in [6, 6.07) is 10.2. The van der Waals surface area contributed by atoms with E-state index < -0.39 is 11.1 Å². The van der Waals surface area contributed by atoms with E-state index in [0.717, 1.165) is 0 Å². The van der Waals surface area contributed by atoms with Crippen LogP contribution < -0.4 is 10.1 Å². The van der Waals surface area contributed by atoms with E-state index in [2.05, 4.69) is 5.32 Å². The van der Waals surface area contributed by atoms with Gasteiger partial charge in [-0.25, -0.2) is 4.39 Å². The lowest BCUT2D eigenvalue weighted by atomic mass is 10.1. The Hall–Kier alpha value is -2.40. The van der Waals surface area contributed by atoms with Crippen LogP contribution in [0.5, 0.6) is 5.75 Å². The van der Waals surface area contributed by atoms with Crippen LogP contribution in [-0.4, -0.2) is 18.3 Å². The summed E-state index contributed by atoms with van der Waals surface area (Å²) in [5, 5.41) is 2.04. The Kier molecular flexibility index (Phi) is 5.12. The van der Waals surface area contributed by atoms with Gasteiger partial charge in [0.25, 0.3) is 5.24 Å². The highest BCUT2D eigenvalue weighted by Gasteiger charge is 2.10. The Morgan fingerprint density at radius 2 is 1.86 bits per heavy atom. The van der Waals surface area contributed by atoms with Crippen LogP contribution in [0.15, 0.2) is 42.5 Å². The molecule has 2 aromatic rings. The zero-order valence-electron chi connectivity index (χ0n) is 11.7. The Morgan fingerprint density at radius 1 is 1.18 bits per heavy atom. The first-order valence-corrected chi connectivity index (χ1v) is 6.79. The molecule has 22 heavy (non-hydrogen) atoms. The van der Waals surface area contributed by atoms with Gasteiger partial charge in [-0.1, -0.05) is 12.1 Å². The van der Waals surface area contributed by atoms with Gasteiger partial charge in [-0.2, -0.15) is 0 Å². The minimum absolute atomic E-state index is 0.0798. The summed E-state index contributed by atoms with van der Waals surface area (Å²) in [5.41, 5.74) is 1.33. The number of methoxy groups -OCH3 is 1. The smallest absolute Gasteiger partial charge is 0.252 e. The molecule has 0 saturated carbocycles. The third kappa shape index (κ3) is 4.05. The fourth-order valence-corrected chi connectivity index (χ4v) is 2.04. The lowest BCUT2D eigenvalue weighted by Gasteiger charge is -2.10. The average molecular weight is 322 g/mol. The van der Waals surface area contributed by atoms with E-state index in [1.807, 2.05) is 0 Å². The van der Waals surface area contributed by atoms with Crippen molar-refractivity contribution in [3.63, 3.8) is 0 Å². The van der Waals surface area contributed by atoms with Gasteiger partial charge < -0.3 is 10.1 Å². The van der Waals surface area contributed by atoms with Crippen molar-refractivity contribution >= 4 is 28.4 Å². The molecule has 0 spiro atoms. The molecule has 0 bridgehead atoms. The fraction of sp³-hybridized carbons (Fsp3) is 0.125. The molecule has 0 fully saturated rings. The molecule has 0 aromatic heterocycles. The first kappa shape index (κ1) is 16.0. The van der Waals surface area contributed by atoms with Crippen molar-refractivity contribution in [3.05, 3.63) is 59.4 Å². The van der Waals surface area contributed by atoms with Crippen molar-refractivity contribution in [2.45, 2.75) is 6.42 Å². The second kappa shape index (κ2) is 7.04. The van der Waals surface area contributed by atoms with Crippen LogP contribution in [0.2, 0.25) is 0 Å². The quantitative estimate of drug-likeness (QED) is 0.859. The molecule has 1 amide bonds. The molecule has 0 aliphatic carbocycles. The van der Waals surface area contributed by atoms with E-state index in [1.54, 1.807) is 24.3 Å². The zero-order valence-corrected chi connectivity index (χ0v) is 12.5. The van der Waals surface area contributed by atoms with Crippen LogP contribution in [0, 0.1) is 5.82 Å². The highest BCUT2D eigenvalue weighted by Crippen LogP contribution is 2.25. The summed E-state index contributed by atoms with van der Waals surface area (Å²) >= 11 is 5.35. The number of carbonyl (C=O) groups excluding carboxylic acids is 2. The second-order valence-corrected chi connectivity index (χ2v) is 4.88. The van der Waals surface area contributed by atoms with Crippen LogP contribution >= 0.6 is 11.6 Å². The number of rotatable bonds is 5. The van der Waals surface area contributed by atoms with Gasteiger partial charge in [-0.15, -0.1) is 0 Å². The molecule has 1 N–H and O–H groups in total. The van der Waals surface area contributed by atoms with Crippen molar-refractivity contribution in [1.29, 1.82) is 0 Å². The summed E-state index contributed by atoms with van der Waals surface area (Å²) in [7, 11) is 1.44. The van der Waals surface area contributed by atoms with Crippen molar-refractivity contribution in [3.8, 4) is 5.75 Å². The minimum Gasteiger partial charge on any atom is -0.495 e. The first-order valence-electron chi connectivity index (χ1n) is 6.42.